The van der Waals surface area contributed by atoms with Crippen LogP contribution in [0.1, 0.15) is 101 Å². The van der Waals surface area contributed by atoms with Gasteiger partial charge in [-0.3, -0.25) is 0 Å². The normalized spacial score (nSPS) is 14.5. The van der Waals surface area contributed by atoms with E-state index >= 15 is 0 Å². The van der Waals surface area contributed by atoms with Crippen LogP contribution in [0.4, 0.5) is 22.7 Å². The third-order valence-corrected chi connectivity index (χ3v) is 13.3. The SMILES string of the molecule is CCCCC(CC)CN1c2ccccc2Sc2cc(/C=C/c3cccc(/C=C/c4ccc5c(c4)Sc4ccccc4N5CC(CC)CCCC)c3)ccc21. The highest BCUT2D eigenvalue weighted by Crippen LogP contribution is 2.50. The van der Waals surface area contributed by atoms with Gasteiger partial charge < -0.3 is 9.80 Å². The summed E-state index contributed by atoms with van der Waals surface area (Å²) in [5, 5.41) is 0. The lowest BCUT2D eigenvalue weighted by atomic mass is 9.98. The number of anilines is 4. The van der Waals surface area contributed by atoms with Crippen LogP contribution < -0.4 is 9.80 Å². The highest BCUT2D eigenvalue weighted by Gasteiger charge is 2.26. The number of hydrogen-bond acceptors (Lipinski definition) is 4. The lowest BCUT2D eigenvalue weighted by Crippen LogP contribution is -2.27. The first-order valence-corrected chi connectivity index (χ1v) is 22.0. The molecule has 2 aliphatic rings. The molecule has 0 aliphatic carbocycles. The van der Waals surface area contributed by atoms with Crippen molar-refractivity contribution in [3.8, 4) is 0 Å². The molecule has 0 saturated carbocycles. The van der Waals surface area contributed by atoms with Crippen LogP contribution >= 0.6 is 23.5 Å². The van der Waals surface area contributed by atoms with Gasteiger partial charge in [-0.1, -0.05) is 169 Å². The predicted molar refractivity (Wildman–Crippen MR) is 239 cm³/mol. The molecule has 2 atom stereocenters. The van der Waals surface area contributed by atoms with Crippen molar-refractivity contribution in [2.75, 3.05) is 22.9 Å². The molecule has 0 N–H and O–H groups in total. The Bertz CT molecular complexity index is 1940. The summed E-state index contributed by atoms with van der Waals surface area (Å²) in [5.74, 6) is 1.39. The summed E-state index contributed by atoms with van der Waals surface area (Å²) < 4.78 is 0. The highest BCUT2D eigenvalue weighted by molar-refractivity contribution is 8.00. The van der Waals surface area contributed by atoms with Gasteiger partial charge in [0.05, 0.1) is 22.7 Å². The summed E-state index contributed by atoms with van der Waals surface area (Å²) in [4.78, 5) is 10.6. The molecule has 5 aromatic rings. The Hall–Kier alpha value is -4.12. The van der Waals surface area contributed by atoms with Crippen molar-refractivity contribution in [3.63, 3.8) is 0 Å². The first-order chi connectivity index (χ1) is 26.6. The molecule has 0 bridgehead atoms. The van der Waals surface area contributed by atoms with E-state index in [0.29, 0.717) is 11.8 Å². The number of nitrogens with zero attached hydrogens (tertiary/aromatic N) is 2. The zero-order valence-corrected chi connectivity index (χ0v) is 34.3. The van der Waals surface area contributed by atoms with Crippen molar-refractivity contribution < 1.29 is 0 Å². The molecule has 7 rings (SSSR count). The first-order valence-electron chi connectivity index (χ1n) is 20.4. The molecule has 0 fully saturated rings. The molecule has 0 saturated heterocycles. The Morgan fingerprint density at radius 3 is 1.28 bits per heavy atom. The molecule has 2 heterocycles. The average Bonchev–Trinajstić information content (AvgIpc) is 3.21. The van der Waals surface area contributed by atoms with Gasteiger partial charge in [0, 0.05) is 32.7 Å². The van der Waals surface area contributed by atoms with Crippen LogP contribution in [-0.2, 0) is 0 Å². The molecule has 278 valence electrons. The number of benzene rings is 5. The maximum atomic E-state index is 2.58. The molecular weight excluding hydrogens is 693 g/mol. The van der Waals surface area contributed by atoms with E-state index in [0.717, 1.165) is 13.1 Å². The summed E-state index contributed by atoms with van der Waals surface area (Å²) in [5.41, 5.74) is 10.3. The van der Waals surface area contributed by atoms with E-state index in [-0.39, 0.29) is 0 Å². The van der Waals surface area contributed by atoms with Crippen LogP contribution in [0.5, 0.6) is 0 Å². The minimum Gasteiger partial charge on any atom is -0.339 e. The topological polar surface area (TPSA) is 6.48 Å². The number of unbranched alkanes of at least 4 members (excludes halogenated alkanes) is 2. The Balaban J connectivity index is 1.07. The Morgan fingerprint density at radius 2 is 0.852 bits per heavy atom. The fourth-order valence-electron chi connectivity index (χ4n) is 7.80. The second-order valence-electron chi connectivity index (χ2n) is 15.0. The Labute approximate surface area is 333 Å². The van der Waals surface area contributed by atoms with Gasteiger partial charge in [0.2, 0.25) is 0 Å². The van der Waals surface area contributed by atoms with Gasteiger partial charge in [-0.05, 0) is 102 Å². The van der Waals surface area contributed by atoms with E-state index in [1.54, 1.807) is 0 Å². The van der Waals surface area contributed by atoms with Crippen LogP contribution in [0.2, 0.25) is 0 Å². The zero-order chi connectivity index (χ0) is 37.3. The largest absolute Gasteiger partial charge is 0.339 e. The monoisotopic (exact) mass is 748 g/mol. The third-order valence-electron chi connectivity index (χ3n) is 11.1. The molecule has 2 aliphatic heterocycles. The molecule has 2 nitrogen and oxygen atoms in total. The van der Waals surface area contributed by atoms with Crippen molar-refractivity contribution in [3.05, 3.63) is 131 Å². The van der Waals surface area contributed by atoms with E-state index < -0.39 is 0 Å². The van der Waals surface area contributed by atoms with Gasteiger partial charge in [-0.2, -0.15) is 0 Å². The smallest absolute Gasteiger partial charge is 0.0553 e. The Morgan fingerprint density at radius 1 is 0.444 bits per heavy atom. The molecule has 4 heteroatoms. The van der Waals surface area contributed by atoms with Crippen molar-refractivity contribution in [2.24, 2.45) is 11.8 Å². The first kappa shape index (κ1) is 38.2. The van der Waals surface area contributed by atoms with E-state index in [1.807, 2.05) is 23.5 Å². The van der Waals surface area contributed by atoms with E-state index in [9.17, 15) is 0 Å². The van der Waals surface area contributed by atoms with E-state index in [1.165, 1.54) is 116 Å². The molecule has 0 radical (unpaired) electrons. The number of hydrogen-bond donors (Lipinski definition) is 0. The number of fused-ring (bicyclic) bond motifs is 4. The van der Waals surface area contributed by atoms with Crippen LogP contribution in [-0.4, -0.2) is 13.1 Å². The minimum absolute atomic E-state index is 0.697. The molecule has 0 aromatic heterocycles. The van der Waals surface area contributed by atoms with E-state index in [4.69, 9.17) is 0 Å². The second kappa shape index (κ2) is 18.5. The van der Waals surface area contributed by atoms with E-state index in [2.05, 4.69) is 171 Å². The van der Waals surface area contributed by atoms with Gasteiger partial charge in [-0.15, -0.1) is 0 Å². The van der Waals surface area contributed by atoms with Gasteiger partial charge in [0.15, 0.2) is 0 Å². The van der Waals surface area contributed by atoms with Crippen LogP contribution in [0, 0.1) is 11.8 Å². The van der Waals surface area contributed by atoms with Gasteiger partial charge in [-0.25, -0.2) is 0 Å². The van der Waals surface area contributed by atoms with Crippen LogP contribution in [0.15, 0.2) is 129 Å². The summed E-state index contributed by atoms with van der Waals surface area (Å²) in [7, 11) is 0. The third kappa shape index (κ3) is 9.04. The molecule has 5 aromatic carbocycles. The van der Waals surface area contributed by atoms with Gasteiger partial charge in [0.1, 0.15) is 0 Å². The predicted octanol–water partition coefficient (Wildman–Crippen LogP) is 15.7. The summed E-state index contributed by atoms with van der Waals surface area (Å²) in [6.07, 6.45) is 19.2. The average molecular weight is 749 g/mol. The van der Waals surface area contributed by atoms with Crippen LogP contribution in [0.25, 0.3) is 24.3 Å². The summed E-state index contributed by atoms with van der Waals surface area (Å²) >= 11 is 3.81. The lowest BCUT2D eigenvalue weighted by molar-refractivity contribution is 0.457. The van der Waals surface area contributed by atoms with Gasteiger partial charge >= 0.3 is 0 Å². The van der Waals surface area contributed by atoms with Crippen LogP contribution in [0.3, 0.4) is 0 Å². The standard InChI is InChI=1S/C50H56N2S2/c1-5-9-16-37(7-3)35-51-43-20-11-13-22-47(43)53-49-33-41(28-30-45(49)51)26-24-39-18-15-19-40(32-39)25-27-42-29-31-46-50(34-42)54-48-23-14-12-21-44(48)52(46)36-38(8-4)17-10-6-2/h11-15,18-34,37-38H,5-10,16-17,35-36H2,1-4H3/b26-24+,27-25+. The summed E-state index contributed by atoms with van der Waals surface area (Å²) in [6, 6.07) is 40.7. The fourth-order valence-corrected chi connectivity index (χ4v) is 10.1. The number of para-hydroxylation sites is 2. The lowest BCUT2D eigenvalue weighted by Gasteiger charge is -2.35. The fraction of sp³-hybridized carbons (Fsp3) is 0.320. The molecule has 54 heavy (non-hydrogen) atoms. The Kier molecular flexibility index (Phi) is 13.1. The zero-order valence-electron chi connectivity index (χ0n) is 32.6. The quantitative estimate of drug-likeness (QED) is 0.0927. The van der Waals surface area contributed by atoms with Crippen molar-refractivity contribution in [1.82, 2.24) is 0 Å². The molecule has 0 amide bonds. The molecule has 0 spiro atoms. The van der Waals surface area contributed by atoms with Crippen molar-refractivity contribution >= 4 is 70.6 Å². The highest BCUT2D eigenvalue weighted by atomic mass is 32.2. The molecule has 2 unspecified atom stereocenters. The van der Waals surface area contributed by atoms with Crippen molar-refractivity contribution in [1.29, 1.82) is 0 Å². The van der Waals surface area contributed by atoms with Crippen molar-refractivity contribution in [2.45, 2.75) is 98.6 Å². The maximum absolute atomic E-state index is 2.58. The number of rotatable bonds is 16. The minimum atomic E-state index is 0.697. The van der Waals surface area contributed by atoms with Gasteiger partial charge in [0.25, 0.3) is 0 Å². The maximum Gasteiger partial charge on any atom is 0.0553 e. The molecular formula is C50H56N2S2. The summed E-state index contributed by atoms with van der Waals surface area (Å²) in [6.45, 7) is 11.4. The second-order valence-corrected chi connectivity index (χ2v) is 17.2.